The minimum Gasteiger partial charge on any atom is -0.351 e. The zero-order chi connectivity index (χ0) is 13.1. The third kappa shape index (κ3) is 2.86. The zero-order valence-corrected chi connectivity index (χ0v) is 13.2. The van der Waals surface area contributed by atoms with E-state index in [0.717, 1.165) is 19.3 Å². The highest BCUT2D eigenvalue weighted by Gasteiger charge is 2.54. The third-order valence-corrected chi connectivity index (χ3v) is 7.81. The topological polar surface area (TPSA) is 9.23 Å². The van der Waals surface area contributed by atoms with Gasteiger partial charge in [-0.2, -0.15) is 0 Å². The lowest BCUT2D eigenvalue weighted by atomic mass is 9.82. The quantitative estimate of drug-likeness (QED) is 0.524. The molecule has 102 valence electrons. The van der Waals surface area contributed by atoms with Gasteiger partial charge in [0.2, 0.25) is 0 Å². The summed E-state index contributed by atoms with van der Waals surface area (Å²) in [4.78, 5) is 0. The van der Waals surface area contributed by atoms with Crippen LogP contribution in [0.5, 0.6) is 0 Å². The molecule has 0 N–H and O–H groups in total. The van der Waals surface area contributed by atoms with Gasteiger partial charge in [0.25, 0.3) is 0 Å². The van der Waals surface area contributed by atoms with E-state index in [1.54, 1.807) is 0 Å². The van der Waals surface area contributed by atoms with Crippen LogP contribution in [0.25, 0.3) is 0 Å². The van der Waals surface area contributed by atoms with Gasteiger partial charge in [-0.25, -0.2) is 0 Å². The third-order valence-electron chi connectivity index (χ3n) is 4.18. The van der Waals surface area contributed by atoms with Crippen molar-refractivity contribution in [1.82, 2.24) is 0 Å². The molecule has 1 unspecified atom stereocenters. The Hall–Kier alpha value is 0.220. The molecule has 3 aliphatic heterocycles. The average molecular weight is 284 g/mol. The largest absolute Gasteiger partial charge is 0.351 e. The molecular formula is C15H24OS2. The Morgan fingerprint density at radius 2 is 2.00 bits per heavy atom. The molecule has 0 aliphatic carbocycles. The van der Waals surface area contributed by atoms with Gasteiger partial charge in [0.1, 0.15) is 0 Å². The summed E-state index contributed by atoms with van der Waals surface area (Å²) in [6.07, 6.45) is 12.7. The molecule has 3 heteroatoms. The Balaban J connectivity index is 1.90. The fourth-order valence-corrected chi connectivity index (χ4v) is 6.70. The van der Waals surface area contributed by atoms with E-state index in [2.05, 4.69) is 43.3 Å². The Kier molecular flexibility index (Phi) is 4.97. The van der Waals surface area contributed by atoms with Crippen molar-refractivity contribution < 1.29 is 4.74 Å². The van der Waals surface area contributed by atoms with Crippen molar-refractivity contribution in [2.75, 3.05) is 11.5 Å². The van der Waals surface area contributed by atoms with Gasteiger partial charge in [0.15, 0.2) is 4.27 Å². The SMILES string of the molecule is C#CCCCCC12OC(C)C(CCC)(CS1)CS2. The van der Waals surface area contributed by atoms with Crippen LogP contribution in [-0.2, 0) is 4.74 Å². The molecular weight excluding hydrogens is 260 g/mol. The number of hydrogen-bond donors (Lipinski definition) is 0. The van der Waals surface area contributed by atoms with Crippen LogP contribution in [0.1, 0.15) is 52.4 Å². The van der Waals surface area contributed by atoms with Gasteiger partial charge in [-0.1, -0.05) is 13.3 Å². The van der Waals surface area contributed by atoms with E-state index in [1.807, 2.05) is 0 Å². The van der Waals surface area contributed by atoms with Gasteiger partial charge in [0.05, 0.1) is 6.10 Å². The molecule has 2 bridgehead atoms. The van der Waals surface area contributed by atoms with Gasteiger partial charge < -0.3 is 4.74 Å². The zero-order valence-electron chi connectivity index (χ0n) is 11.5. The van der Waals surface area contributed by atoms with E-state index in [4.69, 9.17) is 11.2 Å². The first-order valence-corrected chi connectivity index (χ1v) is 9.03. The van der Waals surface area contributed by atoms with Crippen LogP contribution in [0.4, 0.5) is 0 Å². The molecule has 3 heterocycles. The van der Waals surface area contributed by atoms with E-state index in [-0.39, 0.29) is 4.27 Å². The molecule has 0 radical (unpaired) electrons. The fourth-order valence-electron chi connectivity index (χ4n) is 2.91. The van der Waals surface area contributed by atoms with Crippen LogP contribution in [0.3, 0.4) is 0 Å². The second kappa shape index (κ2) is 6.11. The first kappa shape index (κ1) is 14.6. The maximum Gasteiger partial charge on any atom is 0.160 e. The maximum absolute atomic E-state index is 6.38. The Morgan fingerprint density at radius 1 is 1.28 bits per heavy atom. The molecule has 0 aromatic heterocycles. The number of thioether (sulfide) groups is 2. The minimum atomic E-state index is 0.0451. The smallest absolute Gasteiger partial charge is 0.160 e. The summed E-state index contributed by atoms with van der Waals surface area (Å²) < 4.78 is 6.43. The molecule has 0 aromatic rings. The molecule has 0 amide bonds. The summed E-state index contributed by atoms with van der Waals surface area (Å²) >= 11 is 4.10. The van der Waals surface area contributed by atoms with E-state index in [0.29, 0.717) is 11.5 Å². The first-order valence-electron chi connectivity index (χ1n) is 7.05. The average Bonchev–Trinajstić information content (AvgIpc) is 2.37. The van der Waals surface area contributed by atoms with Crippen LogP contribution < -0.4 is 0 Å². The van der Waals surface area contributed by atoms with E-state index >= 15 is 0 Å². The highest BCUT2D eigenvalue weighted by atomic mass is 32.2. The summed E-state index contributed by atoms with van der Waals surface area (Å²) in [5.74, 6) is 5.29. The fraction of sp³-hybridized carbons (Fsp3) is 0.867. The number of hydrogen-bond acceptors (Lipinski definition) is 3. The van der Waals surface area contributed by atoms with Crippen molar-refractivity contribution in [2.24, 2.45) is 5.41 Å². The van der Waals surface area contributed by atoms with E-state index < -0.39 is 0 Å². The number of ether oxygens (including phenoxy) is 1. The van der Waals surface area contributed by atoms with Gasteiger partial charge in [0, 0.05) is 23.3 Å². The van der Waals surface area contributed by atoms with Crippen LogP contribution in [0.2, 0.25) is 0 Å². The number of rotatable bonds is 6. The monoisotopic (exact) mass is 284 g/mol. The standard InChI is InChI=1S/C15H24OS2/c1-4-6-7-8-10-15-16-13(3)14(9-5-2,11-17-15)12-18-15/h1,13H,5-12H2,2-3H3. The lowest BCUT2D eigenvalue weighted by molar-refractivity contribution is -0.0657. The molecule has 0 saturated carbocycles. The normalized spacial score (nSPS) is 38.6. The molecule has 3 fully saturated rings. The molecule has 3 rings (SSSR count). The predicted octanol–water partition coefficient (Wildman–Crippen LogP) is 4.52. The van der Waals surface area contributed by atoms with Gasteiger partial charge in [-0.15, -0.1) is 35.9 Å². The summed E-state index contributed by atoms with van der Waals surface area (Å²) in [6.45, 7) is 4.57. The minimum absolute atomic E-state index is 0.0451. The Bertz CT molecular complexity index is 313. The van der Waals surface area contributed by atoms with Crippen LogP contribution in [0.15, 0.2) is 0 Å². The Morgan fingerprint density at radius 3 is 2.56 bits per heavy atom. The molecule has 1 atom stereocenters. The second-order valence-corrected chi connectivity index (χ2v) is 8.28. The lowest BCUT2D eigenvalue weighted by Crippen LogP contribution is -2.55. The van der Waals surface area contributed by atoms with Crippen molar-refractivity contribution in [1.29, 1.82) is 0 Å². The summed E-state index contributed by atoms with van der Waals surface area (Å²) in [5, 5.41) is 0. The Labute approximate surface area is 120 Å². The lowest BCUT2D eigenvalue weighted by Gasteiger charge is -2.56. The van der Waals surface area contributed by atoms with Crippen LogP contribution in [0, 0.1) is 17.8 Å². The maximum atomic E-state index is 6.38. The van der Waals surface area contributed by atoms with Crippen molar-refractivity contribution in [3.8, 4) is 12.3 Å². The van der Waals surface area contributed by atoms with Crippen molar-refractivity contribution >= 4 is 23.5 Å². The van der Waals surface area contributed by atoms with Crippen molar-refractivity contribution in [2.45, 2.75) is 62.7 Å². The summed E-state index contributed by atoms with van der Waals surface area (Å²) in [7, 11) is 0. The van der Waals surface area contributed by atoms with Crippen LogP contribution in [-0.4, -0.2) is 21.9 Å². The molecule has 3 saturated heterocycles. The molecule has 1 nitrogen and oxygen atoms in total. The van der Waals surface area contributed by atoms with Gasteiger partial charge in [-0.05, 0) is 32.6 Å². The summed E-state index contributed by atoms with van der Waals surface area (Å²) in [5.41, 5.74) is 0.435. The van der Waals surface area contributed by atoms with Gasteiger partial charge >= 0.3 is 0 Å². The number of unbranched alkanes of at least 4 members (excludes halogenated alkanes) is 2. The number of terminal acetylenes is 1. The van der Waals surface area contributed by atoms with E-state index in [1.165, 1.54) is 30.8 Å². The van der Waals surface area contributed by atoms with E-state index in [9.17, 15) is 0 Å². The van der Waals surface area contributed by atoms with Crippen molar-refractivity contribution in [3.05, 3.63) is 0 Å². The molecule has 0 spiro atoms. The highest BCUT2D eigenvalue weighted by molar-refractivity contribution is 8.18. The first-order chi connectivity index (χ1) is 8.66. The molecule has 18 heavy (non-hydrogen) atoms. The summed E-state index contributed by atoms with van der Waals surface area (Å²) in [6, 6.07) is 0. The van der Waals surface area contributed by atoms with Crippen LogP contribution >= 0.6 is 23.5 Å². The van der Waals surface area contributed by atoms with Crippen molar-refractivity contribution in [3.63, 3.8) is 0 Å². The van der Waals surface area contributed by atoms with Gasteiger partial charge in [-0.3, -0.25) is 0 Å². The molecule has 0 aromatic carbocycles. The molecule has 3 aliphatic rings. The predicted molar refractivity (Wildman–Crippen MR) is 82.8 cm³/mol. The number of fused-ring (bicyclic) bond motifs is 3. The highest BCUT2D eigenvalue weighted by Crippen LogP contribution is 2.60. The second-order valence-electron chi connectivity index (χ2n) is 5.54.